The monoisotopic (exact) mass is 466 g/mol. The van der Waals surface area contributed by atoms with Gasteiger partial charge in [0.25, 0.3) is 0 Å². The van der Waals surface area contributed by atoms with E-state index >= 15 is 0 Å². The van der Waals surface area contributed by atoms with Crippen LogP contribution in [0.5, 0.6) is 0 Å². The molecule has 0 atom stereocenters. The Morgan fingerprint density at radius 3 is 2.31 bits per heavy atom. The summed E-state index contributed by atoms with van der Waals surface area (Å²) in [6.45, 7) is 4.66. The average Bonchev–Trinajstić information content (AvgIpc) is 3.52. The summed E-state index contributed by atoms with van der Waals surface area (Å²) in [7, 11) is 0. The van der Waals surface area contributed by atoms with Crippen LogP contribution >= 0.6 is 11.3 Å². The third-order valence-corrected chi connectivity index (χ3v) is 9.12. The van der Waals surface area contributed by atoms with E-state index in [1.54, 1.807) is 0 Å². The molecular weight excluding hydrogens is 444 g/mol. The highest BCUT2D eigenvalue weighted by Gasteiger charge is 2.37. The van der Waals surface area contributed by atoms with E-state index in [1.807, 2.05) is 17.4 Å². The summed E-state index contributed by atoms with van der Waals surface area (Å²) in [5, 5.41) is 5.05. The summed E-state index contributed by atoms with van der Waals surface area (Å²) in [5.41, 5.74) is 9.71. The molecule has 166 valence electrons. The van der Waals surface area contributed by atoms with Crippen molar-refractivity contribution in [2.45, 2.75) is 19.3 Å². The molecule has 5 aromatic carbocycles. The third kappa shape index (κ3) is 2.47. The van der Waals surface area contributed by atoms with Crippen LogP contribution in [-0.2, 0) is 5.41 Å². The molecule has 1 nitrogen and oxygen atoms in total. The van der Waals surface area contributed by atoms with Crippen LogP contribution in [0.4, 0.5) is 0 Å². The van der Waals surface area contributed by atoms with Crippen molar-refractivity contribution in [1.82, 2.24) is 0 Å². The first-order valence-electron chi connectivity index (χ1n) is 12.1. The van der Waals surface area contributed by atoms with Crippen LogP contribution in [0.3, 0.4) is 0 Å². The molecule has 1 aliphatic rings. The summed E-state index contributed by atoms with van der Waals surface area (Å²) in [4.78, 5) is 0. The lowest BCUT2D eigenvalue weighted by molar-refractivity contribution is 0.653. The van der Waals surface area contributed by atoms with E-state index < -0.39 is 0 Å². The fourth-order valence-corrected chi connectivity index (χ4v) is 7.40. The second kappa shape index (κ2) is 6.62. The zero-order chi connectivity index (χ0) is 23.3. The Kier molecular flexibility index (Phi) is 3.67. The molecular formula is C33H22OS. The van der Waals surface area contributed by atoms with Crippen LogP contribution in [0, 0.1) is 0 Å². The fourth-order valence-electron chi connectivity index (χ4n) is 6.16. The van der Waals surface area contributed by atoms with E-state index in [0.29, 0.717) is 0 Å². The largest absolute Gasteiger partial charge is 0.455 e. The van der Waals surface area contributed by atoms with Gasteiger partial charge in [-0.15, -0.1) is 11.3 Å². The van der Waals surface area contributed by atoms with Crippen molar-refractivity contribution in [3.63, 3.8) is 0 Å². The first-order chi connectivity index (χ1) is 17.1. The molecule has 2 heterocycles. The van der Waals surface area contributed by atoms with E-state index in [1.165, 1.54) is 64.3 Å². The van der Waals surface area contributed by atoms with Gasteiger partial charge in [0.1, 0.15) is 11.2 Å². The van der Waals surface area contributed by atoms with E-state index in [4.69, 9.17) is 4.42 Å². The number of hydrogen-bond acceptors (Lipinski definition) is 2. The van der Waals surface area contributed by atoms with Crippen molar-refractivity contribution in [3.05, 3.63) is 108 Å². The second-order valence-corrected chi connectivity index (χ2v) is 11.2. The topological polar surface area (TPSA) is 13.1 Å². The minimum Gasteiger partial charge on any atom is -0.455 e. The SMILES string of the molecule is CC1(C)c2ccc(-c3cccc4c3sc3ccccc34)cc2-c2c1ccc1c2oc2ccccc21. The van der Waals surface area contributed by atoms with Crippen molar-refractivity contribution in [3.8, 4) is 22.3 Å². The minimum absolute atomic E-state index is 0.0695. The first-order valence-corrected chi connectivity index (χ1v) is 12.9. The predicted molar refractivity (Wildman–Crippen MR) is 150 cm³/mol. The van der Waals surface area contributed by atoms with E-state index in [9.17, 15) is 0 Å². The summed E-state index contributed by atoms with van der Waals surface area (Å²) >= 11 is 1.89. The molecule has 8 rings (SSSR count). The van der Waals surface area contributed by atoms with Gasteiger partial charge in [-0.05, 0) is 46.0 Å². The lowest BCUT2D eigenvalue weighted by Crippen LogP contribution is -2.14. The molecule has 0 saturated heterocycles. The highest BCUT2D eigenvalue weighted by atomic mass is 32.1. The molecule has 0 aliphatic heterocycles. The summed E-state index contributed by atoms with van der Waals surface area (Å²) in [5.74, 6) is 0. The van der Waals surface area contributed by atoms with Gasteiger partial charge in [0.05, 0.1) is 0 Å². The Hall–Kier alpha value is -3.88. The quantitative estimate of drug-likeness (QED) is 0.235. The first kappa shape index (κ1) is 19.4. The lowest BCUT2D eigenvalue weighted by atomic mass is 9.82. The van der Waals surface area contributed by atoms with Crippen LogP contribution in [0.15, 0.2) is 101 Å². The van der Waals surface area contributed by atoms with Gasteiger partial charge in [-0.2, -0.15) is 0 Å². The number of fused-ring (bicyclic) bond motifs is 10. The van der Waals surface area contributed by atoms with Gasteiger partial charge in [-0.3, -0.25) is 0 Å². The maximum atomic E-state index is 6.50. The summed E-state index contributed by atoms with van der Waals surface area (Å²) in [6.07, 6.45) is 0. The van der Waals surface area contributed by atoms with E-state index in [2.05, 4.69) is 105 Å². The number of hydrogen-bond donors (Lipinski definition) is 0. The standard InChI is InChI=1S/C33H22OS/c1-33(2)26-16-14-19(20-10-7-11-24-22-9-4-6-13-29(22)35-32(20)24)18-25(26)30-27(33)17-15-23-21-8-3-5-12-28(21)34-31(23)30/h3-18H,1-2H3. The van der Waals surface area contributed by atoms with Crippen molar-refractivity contribution >= 4 is 53.4 Å². The second-order valence-electron chi connectivity index (χ2n) is 10.1. The highest BCUT2D eigenvalue weighted by molar-refractivity contribution is 7.26. The van der Waals surface area contributed by atoms with Crippen LogP contribution in [0.1, 0.15) is 25.0 Å². The fraction of sp³-hybridized carbons (Fsp3) is 0.0909. The molecule has 1 aliphatic carbocycles. The van der Waals surface area contributed by atoms with E-state index in [-0.39, 0.29) is 5.41 Å². The molecule has 2 aromatic heterocycles. The molecule has 7 aromatic rings. The molecule has 0 N–H and O–H groups in total. The Bertz CT molecular complexity index is 1980. The van der Waals surface area contributed by atoms with Gasteiger partial charge in [0.15, 0.2) is 0 Å². The lowest BCUT2D eigenvalue weighted by Gasteiger charge is -2.21. The Morgan fingerprint density at radius 1 is 0.629 bits per heavy atom. The maximum Gasteiger partial charge on any atom is 0.143 e. The summed E-state index contributed by atoms with van der Waals surface area (Å²) in [6, 6.07) is 35.4. The Morgan fingerprint density at radius 2 is 1.40 bits per heavy atom. The number of thiophene rings is 1. The van der Waals surface area contributed by atoms with Crippen molar-refractivity contribution in [1.29, 1.82) is 0 Å². The molecule has 0 fully saturated rings. The molecule has 2 heteroatoms. The van der Waals surface area contributed by atoms with Crippen LogP contribution < -0.4 is 0 Å². The smallest absolute Gasteiger partial charge is 0.143 e. The molecule has 0 unspecified atom stereocenters. The predicted octanol–water partition coefficient (Wildman–Crippen LogP) is 9.93. The minimum atomic E-state index is -0.0695. The summed E-state index contributed by atoms with van der Waals surface area (Å²) < 4.78 is 9.20. The van der Waals surface area contributed by atoms with Gasteiger partial charge in [-0.25, -0.2) is 0 Å². The van der Waals surface area contributed by atoms with E-state index in [0.717, 1.165) is 11.2 Å². The van der Waals surface area contributed by atoms with Gasteiger partial charge in [-0.1, -0.05) is 92.7 Å². The molecule has 0 radical (unpaired) electrons. The van der Waals surface area contributed by atoms with Crippen LogP contribution in [0.25, 0.3) is 64.4 Å². The average molecular weight is 467 g/mol. The van der Waals surface area contributed by atoms with Gasteiger partial charge in [0.2, 0.25) is 0 Å². The van der Waals surface area contributed by atoms with Crippen LogP contribution in [-0.4, -0.2) is 0 Å². The Balaban J connectivity index is 1.43. The molecule has 0 amide bonds. The normalized spacial score (nSPS) is 14.2. The third-order valence-electron chi connectivity index (χ3n) is 7.90. The molecule has 0 bridgehead atoms. The highest BCUT2D eigenvalue weighted by Crippen LogP contribution is 2.53. The Labute approximate surface area is 207 Å². The van der Waals surface area contributed by atoms with Gasteiger partial charge in [0, 0.05) is 41.9 Å². The number of para-hydroxylation sites is 1. The van der Waals surface area contributed by atoms with Crippen molar-refractivity contribution in [2.24, 2.45) is 0 Å². The van der Waals surface area contributed by atoms with Gasteiger partial charge >= 0.3 is 0 Å². The van der Waals surface area contributed by atoms with Crippen LogP contribution in [0.2, 0.25) is 0 Å². The molecule has 35 heavy (non-hydrogen) atoms. The number of rotatable bonds is 1. The van der Waals surface area contributed by atoms with Crippen molar-refractivity contribution < 1.29 is 4.42 Å². The maximum absolute atomic E-state index is 6.50. The van der Waals surface area contributed by atoms with Gasteiger partial charge < -0.3 is 4.42 Å². The van der Waals surface area contributed by atoms with Crippen molar-refractivity contribution in [2.75, 3.05) is 0 Å². The number of benzene rings is 5. The zero-order valence-electron chi connectivity index (χ0n) is 19.6. The molecule has 0 saturated carbocycles. The zero-order valence-corrected chi connectivity index (χ0v) is 20.4. The molecule has 0 spiro atoms. The number of furan rings is 1.